The first-order valence-electron chi connectivity index (χ1n) is 10.1. The Hall–Kier alpha value is -3.45. The lowest BCUT2D eigenvalue weighted by molar-refractivity contribution is -0.126. The molecule has 0 saturated heterocycles. The number of anilines is 1. The van der Waals surface area contributed by atoms with E-state index in [1.165, 1.54) is 16.9 Å². The Bertz CT molecular complexity index is 1340. The number of rotatable bonds is 3. The zero-order valence-corrected chi connectivity index (χ0v) is 17.8. The van der Waals surface area contributed by atoms with Crippen molar-refractivity contribution in [1.29, 1.82) is 0 Å². The van der Waals surface area contributed by atoms with Gasteiger partial charge in [0.25, 0.3) is 11.8 Å². The van der Waals surface area contributed by atoms with Gasteiger partial charge in [0.1, 0.15) is 5.58 Å². The summed E-state index contributed by atoms with van der Waals surface area (Å²) < 4.78 is 11.2. The summed E-state index contributed by atoms with van der Waals surface area (Å²) in [5.74, 6) is -0.912. The van der Waals surface area contributed by atoms with Crippen LogP contribution in [0.1, 0.15) is 32.8 Å². The van der Waals surface area contributed by atoms with Crippen molar-refractivity contribution >= 4 is 28.5 Å². The molecule has 2 aromatic carbocycles. The summed E-state index contributed by atoms with van der Waals surface area (Å²) in [5.41, 5.74) is 1.66. The lowest BCUT2D eigenvalue weighted by Crippen LogP contribution is -2.53. The van der Waals surface area contributed by atoms with E-state index in [0.29, 0.717) is 22.2 Å². The second-order valence-corrected chi connectivity index (χ2v) is 8.11. The maximum atomic E-state index is 13.8. The molecule has 5 rings (SSSR count). The standard InChI is InChI=1S/C24H22N2O5/c1-13-11-15-18(12-14(13)2)31-21-19(20(15)27)24(26(22(21)28)9-10-30-4)16-7-5-6-8-17(16)25(3)23(24)29/h5-8,11-12H,9-10H2,1-4H3/t24-/m1/s1. The SMILES string of the molecule is COCCN1C(=O)c2oc3cc(C)c(C)cc3c(=O)c2[C@]12C(=O)N(C)c1ccccc12. The number of carbonyl (C=O) groups excluding carboxylic acids is 2. The Labute approximate surface area is 178 Å². The molecule has 3 aromatic rings. The molecule has 2 amide bonds. The van der Waals surface area contributed by atoms with Crippen molar-refractivity contribution in [2.45, 2.75) is 19.4 Å². The van der Waals surface area contributed by atoms with Crippen LogP contribution in [-0.4, -0.2) is 44.0 Å². The fourth-order valence-corrected chi connectivity index (χ4v) is 4.83. The summed E-state index contributed by atoms with van der Waals surface area (Å²) in [7, 11) is 3.18. The molecule has 158 valence electrons. The summed E-state index contributed by atoms with van der Waals surface area (Å²) in [6, 6.07) is 10.8. The molecule has 0 radical (unpaired) electrons. The Balaban J connectivity index is 1.93. The number of benzene rings is 2. The van der Waals surface area contributed by atoms with E-state index in [0.717, 1.165) is 11.1 Å². The Morgan fingerprint density at radius 2 is 1.77 bits per heavy atom. The van der Waals surface area contributed by atoms with Gasteiger partial charge in [-0.25, -0.2) is 0 Å². The first-order chi connectivity index (χ1) is 14.8. The van der Waals surface area contributed by atoms with Gasteiger partial charge in [-0.3, -0.25) is 14.4 Å². The van der Waals surface area contributed by atoms with Crippen molar-refractivity contribution in [2.75, 3.05) is 32.2 Å². The number of ether oxygens (including phenoxy) is 1. The number of likely N-dealkylation sites (N-methyl/N-ethyl adjacent to an activating group) is 1. The van der Waals surface area contributed by atoms with Crippen LogP contribution in [0.5, 0.6) is 0 Å². The van der Waals surface area contributed by atoms with Crippen molar-refractivity contribution in [3.05, 3.63) is 74.6 Å². The van der Waals surface area contributed by atoms with E-state index in [1.807, 2.05) is 26.0 Å². The van der Waals surface area contributed by atoms with Gasteiger partial charge in [-0.15, -0.1) is 0 Å². The third-order valence-electron chi connectivity index (χ3n) is 6.50. The summed E-state index contributed by atoms with van der Waals surface area (Å²) in [6.07, 6.45) is 0. The van der Waals surface area contributed by atoms with Crippen LogP contribution in [0.4, 0.5) is 5.69 Å². The molecule has 7 heteroatoms. The van der Waals surface area contributed by atoms with E-state index < -0.39 is 11.4 Å². The number of hydrogen-bond acceptors (Lipinski definition) is 5. The highest BCUT2D eigenvalue weighted by Gasteiger charge is 2.64. The molecular formula is C24H22N2O5. The first kappa shape index (κ1) is 19.5. The third-order valence-corrected chi connectivity index (χ3v) is 6.50. The highest BCUT2D eigenvalue weighted by molar-refractivity contribution is 6.16. The number of nitrogens with zero attached hydrogens (tertiary/aromatic N) is 2. The summed E-state index contributed by atoms with van der Waals surface area (Å²) in [6.45, 7) is 4.19. The number of hydrogen-bond donors (Lipinski definition) is 0. The monoisotopic (exact) mass is 418 g/mol. The molecule has 0 fully saturated rings. The van der Waals surface area contributed by atoms with Crippen molar-refractivity contribution in [2.24, 2.45) is 0 Å². The van der Waals surface area contributed by atoms with Crippen LogP contribution < -0.4 is 10.3 Å². The smallest absolute Gasteiger partial charge is 0.291 e. The number of amides is 2. The van der Waals surface area contributed by atoms with Crippen LogP contribution in [0.2, 0.25) is 0 Å². The molecule has 31 heavy (non-hydrogen) atoms. The molecule has 0 saturated carbocycles. The lowest BCUT2D eigenvalue weighted by Gasteiger charge is -2.33. The largest absolute Gasteiger partial charge is 0.450 e. The van der Waals surface area contributed by atoms with E-state index in [4.69, 9.17) is 9.15 Å². The van der Waals surface area contributed by atoms with Crippen LogP contribution in [0, 0.1) is 13.8 Å². The van der Waals surface area contributed by atoms with E-state index >= 15 is 0 Å². The maximum Gasteiger partial charge on any atom is 0.291 e. The van der Waals surface area contributed by atoms with Gasteiger partial charge >= 0.3 is 0 Å². The van der Waals surface area contributed by atoms with Gasteiger partial charge < -0.3 is 19.0 Å². The van der Waals surface area contributed by atoms with Crippen LogP contribution >= 0.6 is 0 Å². The van der Waals surface area contributed by atoms with Gasteiger partial charge in [0.15, 0.2) is 11.0 Å². The molecule has 7 nitrogen and oxygen atoms in total. The van der Waals surface area contributed by atoms with Gasteiger partial charge in [0.2, 0.25) is 5.76 Å². The number of methoxy groups -OCH3 is 1. The van der Waals surface area contributed by atoms with Crippen molar-refractivity contribution in [3.63, 3.8) is 0 Å². The first-order valence-corrected chi connectivity index (χ1v) is 10.1. The van der Waals surface area contributed by atoms with Crippen LogP contribution in [0.3, 0.4) is 0 Å². The third kappa shape index (κ3) is 2.29. The average molecular weight is 418 g/mol. The zero-order valence-electron chi connectivity index (χ0n) is 17.8. The average Bonchev–Trinajstić information content (AvgIpc) is 3.13. The molecular weight excluding hydrogens is 396 g/mol. The Morgan fingerprint density at radius 3 is 2.52 bits per heavy atom. The van der Waals surface area contributed by atoms with Crippen molar-refractivity contribution in [1.82, 2.24) is 4.90 Å². The Morgan fingerprint density at radius 1 is 1.06 bits per heavy atom. The number of aryl methyl sites for hydroxylation is 2. The van der Waals surface area contributed by atoms with E-state index in [9.17, 15) is 14.4 Å². The van der Waals surface area contributed by atoms with Gasteiger partial charge in [0.05, 0.1) is 17.6 Å². The normalized spacial score (nSPS) is 19.6. The van der Waals surface area contributed by atoms with Gasteiger partial charge in [0, 0.05) is 32.0 Å². The molecule has 0 aliphatic carbocycles. The van der Waals surface area contributed by atoms with Crippen LogP contribution in [0.15, 0.2) is 45.6 Å². The molecule has 2 aliphatic heterocycles. The molecule has 0 N–H and O–H groups in total. The minimum Gasteiger partial charge on any atom is -0.450 e. The second-order valence-electron chi connectivity index (χ2n) is 8.11. The number of para-hydroxylation sites is 1. The fraction of sp³-hybridized carbons (Fsp3) is 0.292. The van der Waals surface area contributed by atoms with E-state index in [2.05, 4.69) is 0 Å². The summed E-state index contributed by atoms with van der Waals surface area (Å²) >= 11 is 0. The van der Waals surface area contributed by atoms with Crippen molar-refractivity contribution in [3.8, 4) is 0 Å². The molecule has 1 spiro atoms. The minimum atomic E-state index is -1.57. The number of fused-ring (bicyclic) bond motifs is 5. The quantitative estimate of drug-likeness (QED) is 0.654. The molecule has 0 unspecified atom stereocenters. The second kappa shape index (κ2) is 6.52. The molecule has 1 aromatic heterocycles. The van der Waals surface area contributed by atoms with Crippen molar-refractivity contribution < 1.29 is 18.7 Å². The van der Waals surface area contributed by atoms with E-state index in [1.54, 1.807) is 31.3 Å². The van der Waals surface area contributed by atoms with Gasteiger partial charge in [-0.2, -0.15) is 0 Å². The summed E-state index contributed by atoms with van der Waals surface area (Å²) in [5, 5.41) is 0.363. The predicted octanol–water partition coefficient (Wildman–Crippen LogP) is 2.73. The fourth-order valence-electron chi connectivity index (χ4n) is 4.83. The predicted molar refractivity (Wildman–Crippen MR) is 116 cm³/mol. The molecule has 0 bridgehead atoms. The topological polar surface area (TPSA) is 80.1 Å². The maximum absolute atomic E-state index is 13.8. The molecule has 1 atom stereocenters. The van der Waals surface area contributed by atoms with Crippen LogP contribution in [-0.2, 0) is 15.1 Å². The Kier molecular flexibility index (Phi) is 4.10. The molecule has 2 aliphatic rings. The van der Waals surface area contributed by atoms with Gasteiger partial charge in [-0.05, 0) is 43.2 Å². The zero-order chi connectivity index (χ0) is 22.1. The lowest BCUT2D eigenvalue weighted by atomic mass is 9.84. The van der Waals surface area contributed by atoms with E-state index in [-0.39, 0.29) is 35.8 Å². The molecule has 3 heterocycles. The van der Waals surface area contributed by atoms with Gasteiger partial charge in [-0.1, -0.05) is 18.2 Å². The minimum absolute atomic E-state index is 0.0738. The summed E-state index contributed by atoms with van der Waals surface area (Å²) in [4.78, 5) is 44.1. The van der Waals surface area contributed by atoms with Crippen LogP contribution in [0.25, 0.3) is 11.0 Å². The number of carbonyl (C=O) groups is 2. The highest BCUT2D eigenvalue weighted by Crippen LogP contribution is 2.51. The highest BCUT2D eigenvalue weighted by atomic mass is 16.5.